The van der Waals surface area contributed by atoms with Crippen molar-refractivity contribution in [3.63, 3.8) is 0 Å². The molecule has 0 aliphatic heterocycles. The van der Waals surface area contributed by atoms with Crippen LogP contribution < -0.4 is 11.1 Å². The number of halogens is 1. The smallest absolute Gasteiger partial charge is 0.149 e. The number of pyridine rings is 1. The second-order valence-electron chi connectivity index (χ2n) is 3.53. The molecule has 3 N–H and O–H groups in total. The monoisotopic (exact) mass is 241 g/mol. The summed E-state index contributed by atoms with van der Waals surface area (Å²) in [6.45, 7) is 7.46. The lowest BCUT2D eigenvalue weighted by Gasteiger charge is -2.08. The van der Waals surface area contributed by atoms with Crippen LogP contribution in [0.1, 0.15) is 6.92 Å². The molecule has 0 amide bonds. The van der Waals surface area contributed by atoms with Crippen LogP contribution in [0.25, 0.3) is 0 Å². The van der Waals surface area contributed by atoms with Crippen LogP contribution in [0.2, 0.25) is 5.02 Å². The number of nitrogens with one attached hydrogen (secondary N) is 1. The van der Waals surface area contributed by atoms with E-state index in [1.807, 2.05) is 6.92 Å². The molecule has 0 aliphatic carbocycles. The van der Waals surface area contributed by atoms with Gasteiger partial charge in [-0.25, -0.2) is 4.98 Å². The average molecular weight is 242 g/mol. The summed E-state index contributed by atoms with van der Waals surface area (Å²) in [6, 6.07) is 1.66. The van der Waals surface area contributed by atoms with E-state index < -0.39 is 0 Å². The second-order valence-corrected chi connectivity index (χ2v) is 3.96. The Morgan fingerprint density at radius 1 is 1.69 bits per heavy atom. The fourth-order valence-corrected chi connectivity index (χ4v) is 1.26. The highest BCUT2D eigenvalue weighted by molar-refractivity contribution is 6.30. The summed E-state index contributed by atoms with van der Waals surface area (Å²) in [7, 11) is 0. The minimum Gasteiger partial charge on any atom is -0.396 e. The van der Waals surface area contributed by atoms with E-state index in [1.54, 1.807) is 12.3 Å². The molecule has 4 nitrogen and oxygen atoms in total. The summed E-state index contributed by atoms with van der Waals surface area (Å²) < 4.78 is 5.32. The molecule has 1 heterocycles. The van der Waals surface area contributed by atoms with Gasteiger partial charge < -0.3 is 15.8 Å². The summed E-state index contributed by atoms with van der Waals surface area (Å²) in [5, 5.41) is 3.59. The third-order valence-electron chi connectivity index (χ3n) is 1.77. The SMILES string of the molecule is C=C(C)COCCNc1ncc(Cl)cc1N. The predicted molar refractivity (Wildman–Crippen MR) is 67.8 cm³/mol. The number of ether oxygens (including phenoxy) is 1. The van der Waals surface area contributed by atoms with Gasteiger partial charge in [-0.3, -0.25) is 0 Å². The lowest BCUT2D eigenvalue weighted by atomic mass is 10.4. The van der Waals surface area contributed by atoms with Crippen molar-refractivity contribution >= 4 is 23.1 Å². The fraction of sp³-hybridized carbons (Fsp3) is 0.364. The summed E-state index contributed by atoms with van der Waals surface area (Å²) in [4.78, 5) is 4.07. The van der Waals surface area contributed by atoms with Crippen molar-refractivity contribution in [1.82, 2.24) is 4.98 Å². The molecule has 0 saturated carbocycles. The van der Waals surface area contributed by atoms with Gasteiger partial charge in [0.1, 0.15) is 5.82 Å². The van der Waals surface area contributed by atoms with E-state index in [0.29, 0.717) is 36.3 Å². The second kappa shape index (κ2) is 6.35. The standard InChI is InChI=1S/C11H16ClN3O/c1-8(2)7-16-4-3-14-11-10(13)5-9(12)6-15-11/h5-6H,1,3-4,7,13H2,2H3,(H,14,15). The Morgan fingerprint density at radius 3 is 3.06 bits per heavy atom. The summed E-state index contributed by atoms with van der Waals surface area (Å²) in [5.41, 5.74) is 7.26. The van der Waals surface area contributed by atoms with Crippen LogP contribution in [0.5, 0.6) is 0 Å². The lowest BCUT2D eigenvalue weighted by Crippen LogP contribution is -2.12. The average Bonchev–Trinajstić information content (AvgIpc) is 2.20. The number of hydrogen-bond donors (Lipinski definition) is 2. The van der Waals surface area contributed by atoms with Crippen LogP contribution in [0, 0.1) is 0 Å². The number of nitrogens with two attached hydrogens (primary N) is 1. The van der Waals surface area contributed by atoms with Crippen molar-refractivity contribution in [2.75, 3.05) is 30.8 Å². The first-order valence-corrected chi connectivity index (χ1v) is 5.34. The maximum absolute atomic E-state index is 5.73. The van der Waals surface area contributed by atoms with Crippen LogP contribution in [0.4, 0.5) is 11.5 Å². The molecular weight excluding hydrogens is 226 g/mol. The highest BCUT2D eigenvalue weighted by Gasteiger charge is 2.00. The Kier molecular flexibility index (Phi) is 5.08. The Morgan fingerprint density at radius 2 is 2.44 bits per heavy atom. The number of rotatable bonds is 6. The number of nitrogens with zero attached hydrogens (tertiary/aromatic N) is 1. The van der Waals surface area contributed by atoms with Gasteiger partial charge in [-0.15, -0.1) is 0 Å². The lowest BCUT2D eigenvalue weighted by molar-refractivity contribution is 0.167. The molecule has 0 spiro atoms. The minimum atomic E-state index is 0.529. The predicted octanol–water partition coefficient (Wildman–Crippen LogP) is 2.32. The van der Waals surface area contributed by atoms with Gasteiger partial charge in [0.25, 0.3) is 0 Å². The fourth-order valence-electron chi connectivity index (χ4n) is 1.09. The van der Waals surface area contributed by atoms with E-state index in [4.69, 9.17) is 22.1 Å². The molecule has 0 radical (unpaired) electrons. The van der Waals surface area contributed by atoms with Gasteiger partial charge in [0.05, 0.1) is 23.9 Å². The zero-order valence-electron chi connectivity index (χ0n) is 9.29. The van der Waals surface area contributed by atoms with E-state index in [2.05, 4.69) is 16.9 Å². The first kappa shape index (κ1) is 12.8. The van der Waals surface area contributed by atoms with E-state index >= 15 is 0 Å². The Balaban J connectivity index is 2.29. The number of nitrogen functional groups attached to an aromatic ring is 1. The molecule has 1 rings (SSSR count). The number of hydrogen-bond acceptors (Lipinski definition) is 4. The number of anilines is 2. The molecule has 1 aromatic heterocycles. The quantitative estimate of drug-likeness (QED) is 0.593. The first-order chi connectivity index (χ1) is 7.59. The Labute approximate surface area is 100 Å². The van der Waals surface area contributed by atoms with Crippen LogP contribution in [-0.2, 0) is 4.74 Å². The van der Waals surface area contributed by atoms with Gasteiger partial charge in [0.15, 0.2) is 0 Å². The van der Waals surface area contributed by atoms with Gasteiger partial charge in [0.2, 0.25) is 0 Å². The van der Waals surface area contributed by atoms with Crippen LogP contribution in [0.3, 0.4) is 0 Å². The normalized spacial score (nSPS) is 10.1. The molecule has 88 valence electrons. The van der Waals surface area contributed by atoms with Gasteiger partial charge in [-0.05, 0) is 13.0 Å². The van der Waals surface area contributed by atoms with E-state index in [0.717, 1.165) is 5.57 Å². The highest BCUT2D eigenvalue weighted by atomic mass is 35.5. The molecule has 0 aliphatic rings. The molecule has 0 aromatic carbocycles. The maximum Gasteiger partial charge on any atom is 0.149 e. The summed E-state index contributed by atoms with van der Waals surface area (Å²) in [5.74, 6) is 0.628. The number of aromatic nitrogens is 1. The van der Waals surface area contributed by atoms with Gasteiger partial charge in [-0.1, -0.05) is 23.8 Å². The van der Waals surface area contributed by atoms with Crippen LogP contribution in [-0.4, -0.2) is 24.7 Å². The third kappa shape index (κ3) is 4.51. The van der Waals surface area contributed by atoms with Gasteiger partial charge in [-0.2, -0.15) is 0 Å². The molecule has 16 heavy (non-hydrogen) atoms. The molecule has 0 fully saturated rings. The van der Waals surface area contributed by atoms with Crippen molar-refractivity contribution in [1.29, 1.82) is 0 Å². The molecule has 0 saturated heterocycles. The molecule has 1 aromatic rings. The zero-order chi connectivity index (χ0) is 12.0. The van der Waals surface area contributed by atoms with E-state index in [9.17, 15) is 0 Å². The molecule has 5 heteroatoms. The first-order valence-electron chi connectivity index (χ1n) is 4.96. The molecular formula is C11H16ClN3O. The molecule has 0 unspecified atom stereocenters. The molecule has 0 bridgehead atoms. The van der Waals surface area contributed by atoms with Crippen molar-refractivity contribution in [2.45, 2.75) is 6.92 Å². The highest BCUT2D eigenvalue weighted by Crippen LogP contribution is 2.18. The van der Waals surface area contributed by atoms with Gasteiger partial charge in [0, 0.05) is 12.7 Å². The van der Waals surface area contributed by atoms with Gasteiger partial charge >= 0.3 is 0 Å². The topological polar surface area (TPSA) is 60.2 Å². The van der Waals surface area contributed by atoms with E-state index in [-0.39, 0.29) is 0 Å². The van der Waals surface area contributed by atoms with E-state index in [1.165, 1.54) is 0 Å². The Bertz CT molecular complexity index is 368. The minimum absolute atomic E-state index is 0.529. The van der Waals surface area contributed by atoms with Crippen molar-refractivity contribution in [3.8, 4) is 0 Å². The largest absolute Gasteiger partial charge is 0.396 e. The Hall–Kier alpha value is -1.26. The summed E-state index contributed by atoms with van der Waals surface area (Å²) in [6.07, 6.45) is 1.55. The summed E-state index contributed by atoms with van der Waals surface area (Å²) >= 11 is 5.73. The zero-order valence-corrected chi connectivity index (χ0v) is 10.0. The molecule has 0 atom stereocenters. The van der Waals surface area contributed by atoms with Crippen LogP contribution in [0.15, 0.2) is 24.4 Å². The van der Waals surface area contributed by atoms with Crippen molar-refractivity contribution in [3.05, 3.63) is 29.4 Å². The third-order valence-corrected chi connectivity index (χ3v) is 1.98. The maximum atomic E-state index is 5.73. The van der Waals surface area contributed by atoms with Crippen LogP contribution >= 0.6 is 11.6 Å². The van der Waals surface area contributed by atoms with Crippen molar-refractivity contribution in [2.24, 2.45) is 0 Å². The van der Waals surface area contributed by atoms with Crippen molar-refractivity contribution < 1.29 is 4.74 Å².